The molecular formula is C36H32N2O5. The van der Waals surface area contributed by atoms with Crippen LogP contribution in [-0.4, -0.2) is 34.7 Å². The number of ether oxygens (including phenoxy) is 1. The Morgan fingerprint density at radius 3 is 2.23 bits per heavy atom. The van der Waals surface area contributed by atoms with Gasteiger partial charge in [-0.25, -0.2) is 9.78 Å². The lowest BCUT2D eigenvalue weighted by Crippen LogP contribution is -2.32. The number of fused-ring (bicyclic) bond motifs is 6. The maximum Gasteiger partial charge on any atom is 0.339 e. The van der Waals surface area contributed by atoms with Gasteiger partial charge in [0.15, 0.2) is 6.10 Å². The van der Waals surface area contributed by atoms with Crippen molar-refractivity contribution in [3.63, 3.8) is 0 Å². The molecule has 5 atom stereocenters. The summed E-state index contributed by atoms with van der Waals surface area (Å²) in [6.45, 7) is 3.75. The minimum Gasteiger partial charge on any atom is -0.450 e. The number of amides is 2. The van der Waals surface area contributed by atoms with Crippen LogP contribution in [0.4, 0.5) is 5.69 Å². The molecule has 0 radical (unpaired) electrons. The number of imide groups is 1. The van der Waals surface area contributed by atoms with Crippen molar-refractivity contribution in [1.82, 2.24) is 4.98 Å². The van der Waals surface area contributed by atoms with Gasteiger partial charge in [-0.2, -0.15) is 0 Å². The van der Waals surface area contributed by atoms with Crippen LogP contribution in [0.1, 0.15) is 58.9 Å². The molecule has 3 aromatic carbocycles. The van der Waals surface area contributed by atoms with Gasteiger partial charge in [0.1, 0.15) is 0 Å². The first-order valence-electron chi connectivity index (χ1n) is 15.0. The molecule has 2 heterocycles. The van der Waals surface area contributed by atoms with Gasteiger partial charge in [-0.05, 0) is 74.8 Å². The average Bonchev–Trinajstić information content (AvgIpc) is 3.72. The first kappa shape index (κ1) is 27.2. The lowest BCUT2D eigenvalue weighted by Gasteiger charge is -2.19. The van der Waals surface area contributed by atoms with Crippen molar-refractivity contribution in [2.75, 3.05) is 4.90 Å². The topological polar surface area (TPSA) is 93.6 Å². The Labute approximate surface area is 249 Å². The molecule has 2 aliphatic carbocycles. The van der Waals surface area contributed by atoms with Crippen molar-refractivity contribution in [2.45, 2.75) is 45.6 Å². The van der Waals surface area contributed by atoms with Gasteiger partial charge in [-0.1, -0.05) is 61.0 Å². The molecule has 2 saturated carbocycles. The molecule has 3 aliphatic rings. The standard InChI is InChI=1S/C36H32N2O5/c1-3-30(33(39)22-7-5-4-6-8-22)43-36(42)27-19-29(37-28-16-9-20(2)17-26(27)28)21-12-14-25(15-13-21)38-34(40)31-23-10-11-24(18-23)32(31)35(38)41/h4-9,12-17,19,23-24,30-32H,3,10-11,18H2,1-2H3. The highest BCUT2D eigenvalue weighted by molar-refractivity contribution is 6.22. The number of Topliss-reactive ketones (excluding diaryl/α,β-unsaturated/α-hetero) is 1. The lowest BCUT2D eigenvalue weighted by molar-refractivity contribution is -0.123. The fraction of sp³-hybridized carbons (Fsp3) is 0.306. The van der Waals surface area contributed by atoms with Crippen LogP contribution in [0.2, 0.25) is 0 Å². The normalized spacial score (nSPS) is 23.1. The number of esters is 1. The van der Waals surface area contributed by atoms with E-state index in [-0.39, 0.29) is 29.4 Å². The molecule has 7 rings (SSSR count). The van der Waals surface area contributed by atoms with Crippen LogP contribution in [0.3, 0.4) is 0 Å². The van der Waals surface area contributed by atoms with Crippen LogP contribution in [0.5, 0.6) is 0 Å². The Balaban J connectivity index is 1.19. The number of hydrogen-bond acceptors (Lipinski definition) is 6. The second-order valence-corrected chi connectivity index (χ2v) is 12.1. The number of carbonyl (C=O) groups is 4. The predicted molar refractivity (Wildman–Crippen MR) is 162 cm³/mol. The number of nitrogens with zero attached hydrogens (tertiary/aromatic N) is 2. The van der Waals surface area contributed by atoms with Gasteiger partial charge in [0.25, 0.3) is 0 Å². The van der Waals surface area contributed by atoms with Crippen LogP contribution in [-0.2, 0) is 14.3 Å². The Bertz CT molecular complexity index is 1750. The SMILES string of the molecule is CCC(OC(=O)c1cc(-c2ccc(N3C(=O)C4C5CCC(C5)C4C3=O)cc2)nc2ccc(C)cc12)C(=O)c1ccccc1. The van der Waals surface area contributed by atoms with Gasteiger partial charge >= 0.3 is 5.97 Å². The van der Waals surface area contributed by atoms with Gasteiger partial charge in [-0.15, -0.1) is 0 Å². The zero-order chi connectivity index (χ0) is 29.8. The van der Waals surface area contributed by atoms with E-state index in [0.717, 1.165) is 30.4 Å². The molecule has 2 amide bonds. The summed E-state index contributed by atoms with van der Waals surface area (Å²) in [5.41, 5.74) is 4.23. The maximum absolute atomic E-state index is 13.6. The van der Waals surface area contributed by atoms with Crippen LogP contribution in [0, 0.1) is 30.6 Å². The van der Waals surface area contributed by atoms with Gasteiger partial charge in [0.05, 0.1) is 34.3 Å². The first-order valence-corrected chi connectivity index (χ1v) is 15.0. The minimum atomic E-state index is -0.920. The Morgan fingerprint density at radius 2 is 1.58 bits per heavy atom. The van der Waals surface area contributed by atoms with Crippen LogP contribution in [0.25, 0.3) is 22.2 Å². The summed E-state index contributed by atoms with van der Waals surface area (Å²) in [6, 6.07) is 23.4. The molecule has 0 spiro atoms. The number of pyridine rings is 1. The van der Waals surface area contributed by atoms with E-state index in [1.54, 1.807) is 42.5 Å². The van der Waals surface area contributed by atoms with E-state index < -0.39 is 12.1 Å². The summed E-state index contributed by atoms with van der Waals surface area (Å²) in [5.74, 6) is -0.684. The third kappa shape index (κ3) is 4.54. The molecule has 7 heteroatoms. The molecule has 5 unspecified atom stereocenters. The fourth-order valence-corrected chi connectivity index (χ4v) is 7.40. The molecule has 1 saturated heterocycles. The number of rotatable bonds is 7. The number of benzene rings is 3. The monoisotopic (exact) mass is 572 g/mol. The molecule has 1 aromatic heterocycles. The van der Waals surface area contributed by atoms with Gasteiger partial charge < -0.3 is 4.74 Å². The summed E-state index contributed by atoms with van der Waals surface area (Å²) in [5, 5.41) is 0.641. The van der Waals surface area contributed by atoms with Crippen LogP contribution < -0.4 is 4.90 Å². The van der Waals surface area contributed by atoms with Crippen molar-refractivity contribution in [3.05, 3.63) is 95.6 Å². The second-order valence-electron chi connectivity index (χ2n) is 12.1. The van der Waals surface area contributed by atoms with Crippen molar-refractivity contribution in [2.24, 2.45) is 23.7 Å². The zero-order valence-electron chi connectivity index (χ0n) is 24.2. The number of aromatic nitrogens is 1. The van der Waals surface area contributed by atoms with E-state index >= 15 is 0 Å². The number of anilines is 1. The highest BCUT2D eigenvalue weighted by atomic mass is 16.5. The first-order chi connectivity index (χ1) is 20.8. The van der Waals surface area contributed by atoms with Gasteiger partial charge in [0.2, 0.25) is 17.6 Å². The number of ketones is 1. The van der Waals surface area contributed by atoms with Crippen molar-refractivity contribution in [3.8, 4) is 11.3 Å². The third-order valence-electron chi connectivity index (χ3n) is 9.50. The zero-order valence-corrected chi connectivity index (χ0v) is 24.2. The molecule has 1 aliphatic heterocycles. The predicted octanol–water partition coefficient (Wildman–Crippen LogP) is 6.56. The molecule has 7 nitrogen and oxygen atoms in total. The van der Waals surface area contributed by atoms with E-state index in [1.807, 2.05) is 50.2 Å². The summed E-state index contributed by atoms with van der Waals surface area (Å²) in [4.78, 5) is 59.5. The summed E-state index contributed by atoms with van der Waals surface area (Å²) >= 11 is 0. The molecule has 216 valence electrons. The van der Waals surface area contributed by atoms with E-state index in [2.05, 4.69) is 0 Å². The highest BCUT2D eigenvalue weighted by Crippen LogP contribution is 2.56. The number of hydrogen-bond donors (Lipinski definition) is 0. The molecule has 0 N–H and O–H groups in total. The molecule has 43 heavy (non-hydrogen) atoms. The largest absolute Gasteiger partial charge is 0.450 e. The van der Waals surface area contributed by atoms with Gasteiger partial charge in [0, 0.05) is 16.5 Å². The van der Waals surface area contributed by atoms with Crippen molar-refractivity contribution in [1.29, 1.82) is 0 Å². The van der Waals surface area contributed by atoms with Crippen LogP contribution >= 0.6 is 0 Å². The molecular weight excluding hydrogens is 540 g/mol. The van der Waals surface area contributed by atoms with Crippen molar-refractivity contribution >= 4 is 40.2 Å². The van der Waals surface area contributed by atoms with E-state index in [4.69, 9.17) is 9.72 Å². The number of carbonyl (C=O) groups excluding carboxylic acids is 4. The maximum atomic E-state index is 13.6. The Morgan fingerprint density at radius 1 is 0.907 bits per heavy atom. The second kappa shape index (κ2) is 10.6. The Hall–Kier alpha value is -4.65. The third-order valence-corrected chi connectivity index (χ3v) is 9.50. The van der Waals surface area contributed by atoms with Gasteiger partial charge in [-0.3, -0.25) is 19.3 Å². The minimum absolute atomic E-state index is 0.0743. The van der Waals surface area contributed by atoms with Crippen LogP contribution in [0.15, 0.2) is 78.9 Å². The molecule has 4 aromatic rings. The summed E-state index contributed by atoms with van der Waals surface area (Å²) in [6.07, 6.45) is 2.49. The van der Waals surface area contributed by atoms with Crippen molar-refractivity contribution < 1.29 is 23.9 Å². The average molecular weight is 573 g/mol. The lowest BCUT2D eigenvalue weighted by atomic mass is 9.81. The summed E-state index contributed by atoms with van der Waals surface area (Å²) in [7, 11) is 0. The smallest absolute Gasteiger partial charge is 0.339 e. The van der Waals surface area contributed by atoms with E-state index in [1.165, 1.54) is 4.90 Å². The molecule has 2 bridgehead atoms. The quantitative estimate of drug-likeness (QED) is 0.141. The highest BCUT2D eigenvalue weighted by Gasteiger charge is 2.61. The van der Waals surface area contributed by atoms with E-state index in [9.17, 15) is 19.2 Å². The Kier molecular flexibility index (Phi) is 6.68. The molecule has 3 fully saturated rings. The summed E-state index contributed by atoms with van der Waals surface area (Å²) < 4.78 is 5.81. The fourth-order valence-electron chi connectivity index (χ4n) is 7.40. The van der Waals surface area contributed by atoms with E-state index in [0.29, 0.717) is 51.7 Å². The number of aryl methyl sites for hydroxylation is 1.